The highest BCUT2D eigenvalue weighted by molar-refractivity contribution is 7.99. The smallest absolute Gasteiger partial charge is 0.307 e. The fraction of sp³-hybridized carbons (Fsp3) is 0.462. The molecule has 0 bridgehead atoms. The normalized spacial score (nSPS) is 23.6. The number of fused-ring (bicyclic) bond motifs is 1. The molecule has 0 radical (unpaired) electrons. The van der Waals surface area contributed by atoms with E-state index >= 15 is 0 Å². The Kier molecular flexibility index (Phi) is 3.42. The van der Waals surface area contributed by atoms with Crippen LogP contribution in [-0.4, -0.2) is 30.9 Å². The lowest BCUT2D eigenvalue weighted by molar-refractivity contribution is -0.142. The van der Waals surface area contributed by atoms with Crippen LogP contribution in [0.2, 0.25) is 0 Å². The van der Waals surface area contributed by atoms with Crippen molar-refractivity contribution in [2.24, 2.45) is 5.92 Å². The van der Waals surface area contributed by atoms with E-state index in [-0.39, 0.29) is 11.2 Å². The van der Waals surface area contributed by atoms with E-state index in [1.54, 1.807) is 11.8 Å². The molecule has 1 aliphatic carbocycles. The molecule has 2 heterocycles. The van der Waals surface area contributed by atoms with Crippen LogP contribution < -0.4 is 0 Å². The van der Waals surface area contributed by atoms with Crippen molar-refractivity contribution < 1.29 is 9.90 Å². The second-order valence-electron chi connectivity index (χ2n) is 4.80. The van der Waals surface area contributed by atoms with E-state index in [4.69, 9.17) is 0 Å². The fourth-order valence-electron chi connectivity index (χ4n) is 2.56. The molecule has 0 saturated heterocycles. The van der Waals surface area contributed by atoms with Gasteiger partial charge in [0, 0.05) is 11.4 Å². The van der Waals surface area contributed by atoms with Gasteiger partial charge in [0.15, 0.2) is 10.8 Å². The van der Waals surface area contributed by atoms with Crippen LogP contribution in [0.25, 0.3) is 5.65 Å². The molecule has 3 rings (SSSR count). The maximum Gasteiger partial charge on any atom is 0.307 e. The van der Waals surface area contributed by atoms with Gasteiger partial charge in [0.25, 0.3) is 0 Å². The zero-order valence-corrected chi connectivity index (χ0v) is 11.2. The summed E-state index contributed by atoms with van der Waals surface area (Å²) in [6.45, 7) is 0. The summed E-state index contributed by atoms with van der Waals surface area (Å²) in [5.41, 5.74) is 0.799. The number of carboxylic acid groups (broad SMARTS) is 1. The molecule has 2 aromatic rings. The summed E-state index contributed by atoms with van der Waals surface area (Å²) in [5, 5.41) is 18.4. The maximum absolute atomic E-state index is 11.3. The van der Waals surface area contributed by atoms with Gasteiger partial charge in [-0.1, -0.05) is 30.7 Å². The highest BCUT2D eigenvalue weighted by atomic mass is 32.2. The molecule has 0 amide bonds. The summed E-state index contributed by atoms with van der Waals surface area (Å²) in [6.07, 6.45) is 5.72. The number of pyridine rings is 1. The summed E-state index contributed by atoms with van der Waals surface area (Å²) >= 11 is 1.55. The number of aliphatic carboxylic acids is 1. The molecule has 5 nitrogen and oxygen atoms in total. The Morgan fingerprint density at radius 2 is 2.16 bits per heavy atom. The Labute approximate surface area is 115 Å². The summed E-state index contributed by atoms with van der Waals surface area (Å²) in [6, 6.07) is 5.74. The predicted octanol–water partition coefficient (Wildman–Crippen LogP) is 2.46. The van der Waals surface area contributed by atoms with E-state index in [1.165, 1.54) is 0 Å². The van der Waals surface area contributed by atoms with Gasteiger partial charge in [0.05, 0.1) is 5.92 Å². The molecule has 1 fully saturated rings. The Morgan fingerprint density at radius 1 is 1.32 bits per heavy atom. The van der Waals surface area contributed by atoms with E-state index < -0.39 is 5.97 Å². The van der Waals surface area contributed by atoms with Crippen molar-refractivity contribution in [2.75, 3.05) is 0 Å². The largest absolute Gasteiger partial charge is 0.481 e. The Bertz CT molecular complexity index is 598. The maximum atomic E-state index is 11.3. The van der Waals surface area contributed by atoms with Crippen molar-refractivity contribution in [1.82, 2.24) is 14.6 Å². The first-order valence-corrected chi connectivity index (χ1v) is 7.33. The van der Waals surface area contributed by atoms with Gasteiger partial charge in [-0.2, -0.15) is 0 Å². The lowest BCUT2D eigenvalue weighted by atomic mass is 9.89. The summed E-state index contributed by atoms with van der Waals surface area (Å²) in [4.78, 5) is 11.3. The van der Waals surface area contributed by atoms with E-state index in [2.05, 4.69) is 10.2 Å². The van der Waals surface area contributed by atoms with Gasteiger partial charge >= 0.3 is 5.97 Å². The lowest BCUT2D eigenvalue weighted by Gasteiger charge is -2.27. The zero-order valence-electron chi connectivity index (χ0n) is 10.4. The fourth-order valence-corrected chi connectivity index (χ4v) is 3.88. The van der Waals surface area contributed by atoms with Crippen LogP contribution in [0, 0.1) is 5.92 Å². The number of thioether (sulfide) groups is 1. The van der Waals surface area contributed by atoms with Crippen molar-refractivity contribution in [3.05, 3.63) is 24.4 Å². The van der Waals surface area contributed by atoms with Gasteiger partial charge in [-0.25, -0.2) is 0 Å². The first-order valence-electron chi connectivity index (χ1n) is 6.45. The zero-order chi connectivity index (χ0) is 13.2. The third-order valence-corrected chi connectivity index (χ3v) is 4.92. The summed E-state index contributed by atoms with van der Waals surface area (Å²) in [7, 11) is 0. The van der Waals surface area contributed by atoms with E-state index in [0.717, 1.165) is 36.5 Å². The van der Waals surface area contributed by atoms with Crippen LogP contribution in [0.1, 0.15) is 25.7 Å². The van der Waals surface area contributed by atoms with Crippen LogP contribution in [-0.2, 0) is 4.79 Å². The van der Waals surface area contributed by atoms with Crippen LogP contribution in [0.4, 0.5) is 0 Å². The van der Waals surface area contributed by atoms with Gasteiger partial charge in [0.2, 0.25) is 0 Å². The number of aromatic nitrogens is 3. The molecule has 2 unspecified atom stereocenters. The van der Waals surface area contributed by atoms with Crippen LogP contribution in [0.3, 0.4) is 0 Å². The van der Waals surface area contributed by atoms with Crippen molar-refractivity contribution in [3.8, 4) is 0 Å². The highest BCUT2D eigenvalue weighted by Gasteiger charge is 2.32. The van der Waals surface area contributed by atoms with Gasteiger partial charge in [-0.15, -0.1) is 10.2 Å². The second kappa shape index (κ2) is 5.21. The molecule has 0 aliphatic heterocycles. The summed E-state index contributed by atoms with van der Waals surface area (Å²) < 4.78 is 1.91. The average Bonchev–Trinajstić information content (AvgIpc) is 2.83. The van der Waals surface area contributed by atoms with Crippen molar-refractivity contribution in [2.45, 2.75) is 36.1 Å². The van der Waals surface area contributed by atoms with Crippen LogP contribution in [0.15, 0.2) is 29.6 Å². The molecule has 1 N–H and O–H groups in total. The first-order chi connectivity index (χ1) is 9.25. The van der Waals surface area contributed by atoms with Crippen molar-refractivity contribution in [3.63, 3.8) is 0 Å². The standard InChI is InChI=1S/C13H15N3O2S/c17-12(18)9-5-1-2-6-10(9)19-13-15-14-11-7-3-4-8-16(11)13/h3-4,7-10H,1-2,5-6H2,(H,17,18). The Hall–Kier alpha value is -1.56. The molecule has 1 aliphatic rings. The van der Waals surface area contributed by atoms with E-state index in [0.29, 0.717) is 0 Å². The van der Waals surface area contributed by atoms with Crippen molar-refractivity contribution in [1.29, 1.82) is 0 Å². The molecule has 100 valence electrons. The van der Waals surface area contributed by atoms with Crippen LogP contribution >= 0.6 is 11.8 Å². The number of carbonyl (C=O) groups is 1. The van der Waals surface area contributed by atoms with Gasteiger partial charge < -0.3 is 5.11 Å². The van der Waals surface area contributed by atoms with Gasteiger partial charge in [-0.3, -0.25) is 9.20 Å². The molecule has 6 heteroatoms. The first kappa shape index (κ1) is 12.5. The highest BCUT2D eigenvalue weighted by Crippen LogP contribution is 2.37. The lowest BCUT2D eigenvalue weighted by Crippen LogP contribution is -2.29. The average molecular weight is 277 g/mol. The number of rotatable bonds is 3. The molecule has 1 saturated carbocycles. The molecule has 19 heavy (non-hydrogen) atoms. The molecule has 0 aromatic carbocycles. The van der Waals surface area contributed by atoms with Gasteiger partial charge in [-0.05, 0) is 25.0 Å². The predicted molar refractivity (Wildman–Crippen MR) is 72.2 cm³/mol. The monoisotopic (exact) mass is 277 g/mol. The topological polar surface area (TPSA) is 67.5 Å². The summed E-state index contributed by atoms with van der Waals surface area (Å²) in [5.74, 6) is -0.958. The second-order valence-corrected chi connectivity index (χ2v) is 6.00. The molecular formula is C13H15N3O2S. The van der Waals surface area contributed by atoms with Crippen LogP contribution in [0.5, 0.6) is 0 Å². The number of hydrogen-bond donors (Lipinski definition) is 1. The quantitative estimate of drug-likeness (QED) is 0.933. The molecule has 2 atom stereocenters. The number of nitrogens with zero attached hydrogens (tertiary/aromatic N) is 3. The third kappa shape index (κ3) is 2.45. The third-order valence-electron chi connectivity index (χ3n) is 3.56. The van der Waals surface area contributed by atoms with E-state index in [9.17, 15) is 9.90 Å². The number of carboxylic acids is 1. The minimum Gasteiger partial charge on any atom is -0.481 e. The SMILES string of the molecule is O=C(O)C1CCCCC1Sc1nnc2ccccn12. The van der Waals surface area contributed by atoms with Gasteiger partial charge in [0.1, 0.15) is 0 Å². The Balaban J connectivity index is 1.85. The molecular weight excluding hydrogens is 262 g/mol. The molecule has 0 spiro atoms. The minimum absolute atomic E-state index is 0.0962. The Morgan fingerprint density at radius 3 is 3.00 bits per heavy atom. The van der Waals surface area contributed by atoms with Crippen molar-refractivity contribution >= 4 is 23.4 Å². The number of hydrogen-bond acceptors (Lipinski definition) is 4. The minimum atomic E-state index is -0.689. The van der Waals surface area contributed by atoms with E-state index in [1.807, 2.05) is 28.8 Å². The molecule has 2 aromatic heterocycles.